The number of nitrogens with one attached hydrogen (secondary N) is 2. The number of hydrogen-bond donors (Lipinski definition) is 2. The van der Waals surface area contributed by atoms with Crippen LogP contribution < -0.4 is 10.6 Å². The Morgan fingerprint density at radius 3 is 2.73 bits per heavy atom. The molecule has 1 aromatic carbocycles. The van der Waals surface area contributed by atoms with E-state index >= 15 is 0 Å². The first-order valence-electron chi connectivity index (χ1n) is 8.71. The maximum Gasteiger partial charge on any atom is 0.223 e. The lowest BCUT2D eigenvalue weighted by atomic mass is 9.92. The van der Waals surface area contributed by atoms with Gasteiger partial charge in [-0.1, -0.05) is 0 Å². The van der Waals surface area contributed by atoms with Gasteiger partial charge in [0, 0.05) is 17.5 Å². The minimum absolute atomic E-state index is 0. The number of aromatic nitrogens is 1. The van der Waals surface area contributed by atoms with Gasteiger partial charge in [-0.2, -0.15) is 0 Å². The highest BCUT2D eigenvalue weighted by atomic mass is 35.5. The summed E-state index contributed by atoms with van der Waals surface area (Å²) < 4.78 is 13.1. The van der Waals surface area contributed by atoms with Crippen LogP contribution >= 0.6 is 23.7 Å². The largest absolute Gasteiger partial charge is 0.348 e. The minimum Gasteiger partial charge on any atom is -0.348 e. The van der Waals surface area contributed by atoms with E-state index in [4.69, 9.17) is 0 Å². The van der Waals surface area contributed by atoms with Gasteiger partial charge in [0.1, 0.15) is 10.8 Å². The number of carbonyl (C=O) groups is 1. The van der Waals surface area contributed by atoms with Gasteiger partial charge in [0.05, 0.1) is 16.6 Å². The molecule has 3 atom stereocenters. The van der Waals surface area contributed by atoms with Gasteiger partial charge in [-0.3, -0.25) is 4.79 Å². The molecule has 1 fully saturated rings. The number of aryl methyl sites for hydroxylation is 1. The number of nitrogens with zero attached hydrogens (tertiary/aromatic N) is 1. The summed E-state index contributed by atoms with van der Waals surface area (Å²) in [7, 11) is 0. The number of benzene rings is 1. The molecule has 0 radical (unpaired) electrons. The van der Waals surface area contributed by atoms with Gasteiger partial charge in [-0.25, -0.2) is 9.37 Å². The van der Waals surface area contributed by atoms with Crippen molar-refractivity contribution >= 4 is 29.7 Å². The van der Waals surface area contributed by atoms with Crippen molar-refractivity contribution < 1.29 is 9.18 Å². The van der Waals surface area contributed by atoms with E-state index in [0.29, 0.717) is 6.04 Å². The predicted octanol–water partition coefficient (Wildman–Crippen LogP) is 4.24. The minimum atomic E-state index is -0.255. The summed E-state index contributed by atoms with van der Waals surface area (Å²) in [6.07, 6.45) is 1.76. The fourth-order valence-corrected chi connectivity index (χ4v) is 4.37. The summed E-state index contributed by atoms with van der Waals surface area (Å²) in [5.41, 5.74) is 1.81. The van der Waals surface area contributed by atoms with Gasteiger partial charge >= 0.3 is 0 Å². The molecule has 7 heteroatoms. The van der Waals surface area contributed by atoms with Crippen LogP contribution in [-0.4, -0.2) is 23.5 Å². The quantitative estimate of drug-likeness (QED) is 0.811. The Kier molecular flexibility index (Phi) is 7.15. The molecule has 3 rings (SSSR count). The number of hydrogen-bond acceptors (Lipinski definition) is 4. The Morgan fingerprint density at radius 2 is 2.08 bits per heavy atom. The molecule has 1 amide bonds. The zero-order chi connectivity index (χ0) is 18.0. The normalized spacial score (nSPS) is 20.9. The first-order chi connectivity index (χ1) is 11.9. The topological polar surface area (TPSA) is 54.0 Å². The lowest BCUT2D eigenvalue weighted by Crippen LogP contribution is -2.42. The van der Waals surface area contributed by atoms with Crippen molar-refractivity contribution in [3.05, 3.63) is 40.7 Å². The van der Waals surface area contributed by atoms with Crippen molar-refractivity contribution in [1.29, 1.82) is 0 Å². The van der Waals surface area contributed by atoms with Crippen LogP contribution in [0.5, 0.6) is 0 Å². The second-order valence-corrected chi connectivity index (χ2v) is 7.81. The fourth-order valence-electron chi connectivity index (χ4n) is 3.29. The number of carbonyl (C=O) groups excluding carboxylic acids is 1. The highest BCUT2D eigenvalue weighted by Gasteiger charge is 2.26. The Morgan fingerprint density at radius 1 is 1.38 bits per heavy atom. The zero-order valence-electron chi connectivity index (χ0n) is 15.2. The summed E-state index contributed by atoms with van der Waals surface area (Å²) in [5.74, 6) is -0.0606. The number of piperidine rings is 1. The Bertz CT molecular complexity index is 750. The van der Waals surface area contributed by atoms with Crippen LogP contribution in [0.2, 0.25) is 0 Å². The van der Waals surface area contributed by atoms with Crippen LogP contribution in [0, 0.1) is 18.7 Å². The van der Waals surface area contributed by atoms with E-state index in [9.17, 15) is 9.18 Å². The molecule has 26 heavy (non-hydrogen) atoms. The Balaban J connectivity index is 0.00000243. The van der Waals surface area contributed by atoms with Crippen molar-refractivity contribution in [2.75, 3.05) is 6.54 Å². The van der Waals surface area contributed by atoms with Crippen molar-refractivity contribution in [2.24, 2.45) is 5.92 Å². The zero-order valence-corrected chi connectivity index (χ0v) is 16.8. The molecule has 0 saturated carbocycles. The van der Waals surface area contributed by atoms with Gasteiger partial charge in [0.25, 0.3) is 0 Å². The van der Waals surface area contributed by atoms with Crippen LogP contribution in [0.1, 0.15) is 43.3 Å². The maximum absolute atomic E-state index is 13.1. The Hall–Kier alpha value is -1.50. The smallest absolute Gasteiger partial charge is 0.223 e. The molecule has 1 aromatic heterocycles. The van der Waals surface area contributed by atoms with E-state index in [0.717, 1.165) is 40.5 Å². The monoisotopic (exact) mass is 397 g/mol. The molecule has 2 N–H and O–H groups in total. The van der Waals surface area contributed by atoms with Crippen molar-refractivity contribution in [1.82, 2.24) is 15.6 Å². The molecule has 4 nitrogen and oxygen atoms in total. The molecule has 0 spiro atoms. The van der Waals surface area contributed by atoms with Crippen LogP contribution in [0.4, 0.5) is 4.39 Å². The molecule has 1 unspecified atom stereocenters. The molecule has 0 aliphatic carbocycles. The predicted molar refractivity (Wildman–Crippen MR) is 106 cm³/mol. The average Bonchev–Trinajstić information content (AvgIpc) is 2.97. The second-order valence-electron chi connectivity index (χ2n) is 6.78. The summed E-state index contributed by atoms with van der Waals surface area (Å²) in [5, 5.41) is 7.37. The molecule has 142 valence electrons. The van der Waals surface area contributed by atoms with Gasteiger partial charge in [0.15, 0.2) is 0 Å². The first-order valence-corrected chi connectivity index (χ1v) is 9.52. The van der Waals surface area contributed by atoms with Gasteiger partial charge in [-0.05, 0) is 64.4 Å². The summed E-state index contributed by atoms with van der Waals surface area (Å²) in [6.45, 7) is 6.96. The fraction of sp³-hybridized carbons (Fsp3) is 0.474. The lowest BCUT2D eigenvalue weighted by Gasteiger charge is -2.28. The van der Waals surface area contributed by atoms with Crippen molar-refractivity contribution in [3.8, 4) is 10.6 Å². The van der Waals surface area contributed by atoms with E-state index < -0.39 is 0 Å². The number of amides is 1. The molecule has 2 heterocycles. The van der Waals surface area contributed by atoms with Crippen LogP contribution in [0.15, 0.2) is 24.3 Å². The van der Waals surface area contributed by atoms with Crippen LogP contribution in [0.3, 0.4) is 0 Å². The van der Waals surface area contributed by atoms with Crippen molar-refractivity contribution in [3.63, 3.8) is 0 Å². The third kappa shape index (κ3) is 4.81. The first kappa shape index (κ1) is 20.8. The van der Waals surface area contributed by atoms with Gasteiger partial charge in [0.2, 0.25) is 5.91 Å². The Labute approximate surface area is 164 Å². The summed E-state index contributed by atoms with van der Waals surface area (Å²) >= 11 is 1.56. The molecule has 1 saturated heterocycles. The summed E-state index contributed by atoms with van der Waals surface area (Å²) in [6, 6.07) is 6.65. The maximum atomic E-state index is 13.1. The van der Waals surface area contributed by atoms with E-state index in [1.54, 1.807) is 23.5 Å². The van der Waals surface area contributed by atoms with Gasteiger partial charge < -0.3 is 10.6 Å². The lowest BCUT2D eigenvalue weighted by molar-refractivity contribution is -0.126. The SMILES string of the molecule is Cc1nc(-c2ccc(F)cc2)sc1C(C)NC(=O)[C@H]1CCN[C@@H](C)C1.Cl. The molecule has 0 bridgehead atoms. The molecule has 1 aliphatic heterocycles. The van der Waals surface area contributed by atoms with E-state index in [-0.39, 0.29) is 36.1 Å². The average molecular weight is 398 g/mol. The highest BCUT2D eigenvalue weighted by molar-refractivity contribution is 7.15. The third-order valence-electron chi connectivity index (χ3n) is 4.67. The van der Waals surface area contributed by atoms with Crippen LogP contribution in [0.25, 0.3) is 10.6 Å². The molecule has 2 aromatic rings. The number of thiazole rings is 1. The van der Waals surface area contributed by atoms with E-state index in [1.165, 1.54) is 12.1 Å². The standard InChI is InChI=1S/C19H24FN3OS.ClH/c1-11-10-15(8-9-21-11)18(24)22-12(2)17-13(3)23-19(25-17)14-4-6-16(20)7-5-14;/h4-7,11-12,15,21H,8-10H2,1-3H3,(H,22,24);1H/t11-,12?,15-;/m0./s1. The van der Waals surface area contributed by atoms with E-state index in [2.05, 4.69) is 22.5 Å². The number of rotatable bonds is 4. The van der Waals surface area contributed by atoms with Crippen LogP contribution in [-0.2, 0) is 4.79 Å². The number of halogens is 2. The molecular weight excluding hydrogens is 373 g/mol. The molecule has 1 aliphatic rings. The third-order valence-corrected chi connectivity index (χ3v) is 6.06. The summed E-state index contributed by atoms with van der Waals surface area (Å²) in [4.78, 5) is 18.2. The highest BCUT2D eigenvalue weighted by Crippen LogP contribution is 2.32. The van der Waals surface area contributed by atoms with Crippen molar-refractivity contribution in [2.45, 2.75) is 45.7 Å². The molecular formula is C19H25ClFN3OS. The van der Waals surface area contributed by atoms with Gasteiger partial charge in [-0.15, -0.1) is 23.7 Å². The second kappa shape index (κ2) is 8.93. The van der Waals surface area contributed by atoms with E-state index in [1.807, 2.05) is 13.8 Å².